The van der Waals surface area contributed by atoms with E-state index in [9.17, 15) is 13.2 Å². The molecule has 2 rings (SSSR count). The van der Waals surface area contributed by atoms with Crippen LogP contribution in [-0.2, 0) is 10.0 Å². The van der Waals surface area contributed by atoms with Crippen LogP contribution in [0, 0.1) is 0 Å². The Balaban J connectivity index is 1.96. The molecule has 0 saturated carbocycles. The number of amides is 1. The summed E-state index contributed by atoms with van der Waals surface area (Å²) in [5.41, 5.74) is 0. The van der Waals surface area contributed by atoms with Gasteiger partial charge in [-0.05, 0) is 12.1 Å². The summed E-state index contributed by atoms with van der Waals surface area (Å²) < 4.78 is 30.1. The first kappa shape index (κ1) is 13.8. The summed E-state index contributed by atoms with van der Waals surface area (Å²) in [4.78, 5) is 13.6. The largest absolute Gasteiger partial charge is 0.459 e. The Kier molecular flexibility index (Phi) is 4.06. The molecule has 1 aliphatic heterocycles. The number of carbonyl (C=O) groups is 1. The summed E-state index contributed by atoms with van der Waals surface area (Å²) >= 11 is 0. The zero-order valence-corrected chi connectivity index (χ0v) is 11.3. The third-order valence-corrected chi connectivity index (χ3v) is 4.79. The topological polar surface area (TPSA) is 70.8 Å². The maximum absolute atomic E-state index is 12.0. The lowest BCUT2D eigenvalue weighted by Gasteiger charge is -2.33. The van der Waals surface area contributed by atoms with Crippen molar-refractivity contribution in [3.05, 3.63) is 36.8 Å². The number of hydrogen-bond acceptors (Lipinski definition) is 4. The predicted molar refractivity (Wildman–Crippen MR) is 70.2 cm³/mol. The Hall–Kier alpha value is -1.60. The third-order valence-electron chi connectivity index (χ3n) is 2.98. The van der Waals surface area contributed by atoms with Crippen molar-refractivity contribution in [1.82, 2.24) is 9.21 Å². The van der Waals surface area contributed by atoms with Crippen molar-refractivity contribution >= 4 is 15.9 Å². The van der Waals surface area contributed by atoms with E-state index < -0.39 is 10.0 Å². The van der Waals surface area contributed by atoms with E-state index in [1.165, 1.54) is 16.6 Å². The van der Waals surface area contributed by atoms with Crippen molar-refractivity contribution in [2.75, 3.05) is 31.9 Å². The molecule has 0 aliphatic carbocycles. The molecule has 1 aromatic rings. The van der Waals surface area contributed by atoms with Crippen molar-refractivity contribution < 1.29 is 17.6 Å². The second-order valence-electron chi connectivity index (χ2n) is 4.24. The molecular weight excluding hydrogens is 268 g/mol. The van der Waals surface area contributed by atoms with Crippen LogP contribution in [0.3, 0.4) is 0 Å². The number of piperazine rings is 1. The quantitative estimate of drug-likeness (QED) is 0.757. The summed E-state index contributed by atoms with van der Waals surface area (Å²) in [6.45, 7) is 4.79. The number of rotatable bonds is 4. The minimum Gasteiger partial charge on any atom is -0.459 e. The SMILES string of the molecule is C=CCS(=O)(=O)N1CCN(C(=O)c2ccco2)CC1. The molecule has 0 unspecified atom stereocenters. The summed E-state index contributed by atoms with van der Waals surface area (Å²) in [6, 6.07) is 3.25. The van der Waals surface area contributed by atoms with E-state index in [4.69, 9.17) is 4.42 Å². The highest BCUT2D eigenvalue weighted by molar-refractivity contribution is 7.89. The van der Waals surface area contributed by atoms with E-state index in [-0.39, 0.29) is 17.4 Å². The van der Waals surface area contributed by atoms with Gasteiger partial charge in [0.15, 0.2) is 5.76 Å². The average molecular weight is 284 g/mol. The Morgan fingerprint density at radius 2 is 2.05 bits per heavy atom. The van der Waals surface area contributed by atoms with Crippen molar-refractivity contribution in [2.45, 2.75) is 0 Å². The summed E-state index contributed by atoms with van der Waals surface area (Å²) in [5, 5.41) is 0. The predicted octanol–water partition coefficient (Wildman–Crippen LogP) is 0.553. The monoisotopic (exact) mass is 284 g/mol. The van der Waals surface area contributed by atoms with Crippen LogP contribution in [0.4, 0.5) is 0 Å². The highest BCUT2D eigenvalue weighted by atomic mass is 32.2. The molecule has 1 saturated heterocycles. The molecule has 0 radical (unpaired) electrons. The maximum atomic E-state index is 12.0. The maximum Gasteiger partial charge on any atom is 0.289 e. The smallest absolute Gasteiger partial charge is 0.289 e. The zero-order valence-electron chi connectivity index (χ0n) is 10.5. The molecule has 2 heterocycles. The Morgan fingerprint density at radius 3 is 2.58 bits per heavy atom. The van der Waals surface area contributed by atoms with Gasteiger partial charge in [0.1, 0.15) is 0 Å². The molecule has 7 heteroatoms. The van der Waals surface area contributed by atoms with Crippen molar-refractivity contribution in [3.8, 4) is 0 Å². The molecule has 6 nitrogen and oxygen atoms in total. The van der Waals surface area contributed by atoms with Gasteiger partial charge in [0.25, 0.3) is 5.91 Å². The van der Waals surface area contributed by atoms with E-state index >= 15 is 0 Å². The molecule has 0 atom stereocenters. The van der Waals surface area contributed by atoms with Crippen molar-refractivity contribution in [3.63, 3.8) is 0 Å². The second-order valence-corrected chi connectivity index (χ2v) is 6.25. The number of sulfonamides is 1. The molecule has 1 fully saturated rings. The summed E-state index contributed by atoms with van der Waals surface area (Å²) in [6.07, 6.45) is 2.81. The summed E-state index contributed by atoms with van der Waals surface area (Å²) in [5.74, 6) is 0.00670. The molecule has 0 N–H and O–H groups in total. The normalized spacial score (nSPS) is 17.4. The van der Waals surface area contributed by atoms with Crippen LogP contribution in [0.5, 0.6) is 0 Å². The van der Waals surface area contributed by atoms with Gasteiger partial charge in [0, 0.05) is 26.2 Å². The van der Waals surface area contributed by atoms with Gasteiger partial charge in [-0.2, -0.15) is 4.31 Å². The fourth-order valence-corrected chi connectivity index (χ4v) is 3.21. The number of hydrogen-bond donors (Lipinski definition) is 0. The second kappa shape index (κ2) is 5.58. The molecule has 1 aromatic heterocycles. The molecule has 19 heavy (non-hydrogen) atoms. The minimum atomic E-state index is -3.28. The van der Waals surface area contributed by atoms with Gasteiger partial charge < -0.3 is 9.32 Å². The Morgan fingerprint density at radius 1 is 1.37 bits per heavy atom. The zero-order chi connectivity index (χ0) is 13.9. The van der Waals surface area contributed by atoms with Gasteiger partial charge in [-0.15, -0.1) is 6.58 Å². The van der Waals surface area contributed by atoms with E-state index in [1.807, 2.05) is 0 Å². The number of furan rings is 1. The molecule has 0 bridgehead atoms. The first-order valence-corrected chi connectivity index (χ1v) is 7.57. The molecular formula is C12H16N2O4S. The molecule has 1 aliphatic rings. The standard InChI is InChI=1S/C12H16N2O4S/c1-2-10-19(16,17)14-7-5-13(6-8-14)12(15)11-4-3-9-18-11/h2-4,9H,1,5-8,10H2. The number of carbonyl (C=O) groups excluding carboxylic acids is 1. The minimum absolute atomic E-state index is 0.0703. The van der Waals surface area contributed by atoms with Crippen LogP contribution in [0.25, 0.3) is 0 Å². The van der Waals surface area contributed by atoms with Crippen LogP contribution >= 0.6 is 0 Å². The Labute approximate surface area is 112 Å². The van der Waals surface area contributed by atoms with Crippen LogP contribution in [-0.4, -0.2) is 55.5 Å². The van der Waals surface area contributed by atoms with Crippen LogP contribution in [0.15, 0.2) is 35.5 Å². The average Bonchev–Trinajstić information content (AvgIpc) is 2.92. The van der Waals surface area contributed by atoms with Gasteiger partial charge in [-0.1, -0.05) is 6.08 Å². The first-order valence-electron chi connectivity index (χ1n) is 5.96. The molecule has 104 valence electrons. The lowest BCUT2D eigenvalue weighted by atomic mass is 10.3. The van der Waals surface area contributed by atoms with E-state index in [1.54, 1.807) is 17.0 Å². The van der Waals surface area contributed by atoms with Gasteiger partial charge in [0.05, 0.1) is 12.0 Å². The van der Waals surface area contributed by atoms with E-state index in [0.29, 0.717) is 26.2 Å². The van der Waals surface area contributed by atoms with E-state index in [2.05, 4.69) is 6.58 Å². The van der Waals surface area contributed by atoms with Crippen LogP contribution in [0.1, 0.15) is 10.6 Å². The molecule has 0 aromatic carbocycles. The van der Waals surface area contributed by atoms with Gasteiger partial charge in [-0.3, -0.25) is 4.79 Å². The number of nitrogens with zero attached hydrogens (tertiary/aromatic N) is 2. The molecule has 1 amide bonds. The van der Waals surface area contributed by atoms with Gasteiger partial charge in [-0.25, -0.2) is 8.42 Å². The third kappa shape index (κ3) is 3.05. The molecule has 0 spiro atoms. The lowest BCUT2D eigenvalue weighted by molar-refractivity contribution is 0.0666. The fraction of sp³-hybridized carbons (Fsp3) is 0.417. The first-order chi connectivity index (χ1) is 9.04. The van der Waals surface area contributed by atoms with Crippen molar-refractivity contribution in [1.29, 1.82) is 0 Å². The van der Waals surface area contributed by atoms with Gasteiger partial charge in [0.2, 0.25) is 10.0 Å². The van der Waals surface area contributed by atoms with Crippen LogP contribution in [0.2, 0.25) is 0 Å². The Bertz CT molecular complexity index is 542. The van der Waals surface area contributed by atoms with Crippen LogP contribution < -0.4 is 0 Å². The van der Waals surface area contributed by atoms with Gasteiger partial charge >= 0.3 is 0 Å². The summed E-state index contributed by atoms with van der Waals surface area (Å²) in [7, 11) is -3.28. The van der Waals surface area contributed by atoms with E-state index in [0.717, 1.165) is 0 Å². The van der Waals surface area contributed by atoms with Crippen molar-refractivity contribution in [2.24, 2.45) is 0 Å². The highest BCUT2D eigenvalue weighted by Gasteiger charge is 2.29. The lowest BCUT2D eigenvalue weighted by Crippen LogP contribution is -2.50. The fourth-order valence-electron chi connectivity index (χ4n) is 1.98. The highest BCUT2D eigenvalue weighted by Crippen LogP contribution is 2.12.